The molecule has 0 radical (unpaired) electrons. The zero-order valence-corrected chi connectivity index (χ0v) is 14.6. The van der Waals surface area contributed by atoms with E-state index in [0.717, 1.165) is 22.1 Å². The Kier molecular flexibility index (Phi) is 4.85. The Hall–Kier alpha value is -3.40. The minimum Gasteiger partial charge on any atom is -0.465 e. The molecule has 0 aliphatic heterocycles. The van der Waals surface area contributed by atoms with Crippen LogP contribution in [0.25, 0.3) is 16.3 Å². The van der Waals surface area contributed by atoms with E-state index in [9.17, 15) is 9.59 Å². The maximum atomic E-state index is 12.4. The van der Waals surface area contributed by atoms with Gasteiger partial charge >= 0.3 is 11.9 Å². The summed E-state index contributed by atoms with van der Waals surface area (Å²) in [5, 5.41) is 1.43. The number of benzene rings is 3. The van der Waals surface area contributed by atoms with Crippen molar-refractivity contribution in [2.45, 2.75) is 0 Å². The van der Waals surface area contributed by atoms with Crippen LogP contribution in [0.2, 0.25) is 0 Å². The number of carbonyl (C=O) groups excluding carboxylic acids is 2. The molecule has 0 saturated heterocycles. The Morgan fingerprint density at radius 3 is 1.96 bits per heavy atom. The van der Waals surface area contributed by atoms with E-state index in [2.05, 4.69) is 6.58 Å². The molecule has 0 heterocycles. The fourth-order valence-corrected chi connectivity index (χ4v) is 3.01. The Labute approximate surface area is 151 Å². The molecule has 0 bridgehead atoms. The summed E-state index contributed by atoms with van der Waals surface area (Å²) in [5.74, 6) is -1.18. The van der Waals surface area contributed by atoms with Gasteiger partial charge in [-0.3, -0.25) is 0 Å². The minimum absolute atomic E-state index is 0.158. The highest BCUT2D eigenvalue weighted by Gasteiger charge is 2.24. The van der Waals surface area contributed by atoms with Crippen molar-refractivity contribution in [1.82, 2.24) is 0 Å². The van der Waals surface area contributed by atoms with Gasteiger partial charge in [-0.15, -0.1) is 0 Å². The van der Waals surface area contributed by atoms with Crippen molar-refractivity contribution in [2.24, 2.45) is 0 Å². The molecule has 0 saturated carbocycles. The average molecular weight is 346 g/mol. The zero-order chi connectivity index (χ0) is 18.7. The van der Waals surface area contributed by atoms with E-state index in [4.69, 9.17) is 9.47 Å². The van der Waals surface area contributed by atoms with Gasteiger partial charge < -0.3 is 9.47 Å². The fourth-order valence-electron chi connectivity index (χ4n) is 3.01. The summed E-state index contributed by atoms with van der Waals surface area (Å²) in [6.45, 7) is 4.20. The zero-order valence-electron chi connectivity index (χ0n) is 14.6. The molecule has 4 nitrogen and oxygen atoms in total. The van der Waals surface area contributed by atoms with Gasteiger partial charge in [0, 0.05) is 0 Å². The molecule has 26 heavy (non-hydrogen) atoms. The van der Waals surface area contributed by atoms with E-state index in [1.54, 1.807) is 12.1 Å². The molecule has 0 aliphatic carbocycles. The average Bonchev–Trinajstić information content (AvgIpc) is 2.71. The SMILES string of the molecule is C=C(c1ccccc1)c1cc(C(=O)OC)c(C(=O)OC)c2ccccc12. The molecule has 0 amide bonds. The van der Waals surface area contributed by atoms with Crippen LogP contribution in [0.15, 0.2) is 67.2 Å². The lowest BCUT2D eigenvalue weighted by molar-refractivity contribution is 0.0557. The van der Waals surface area contributed by atoms with Gasteiger partial charge in [0.2, 0.25) is 0 Å². The summed E-state index contributed by atoms with van der Waals surface area (Å²) in [4.78, 5) is 24.7. The number of esters is 2. The Morgan fingerprint density at radius 2 is 1.35 bits per heavy atom. The monoisotopic (exact) mass is 346 g/mol. The number of rotatable bonds is 4. The molecule has 0 atom stereocenters. The lowest BCUT2D eigenvalue weighted by Gasteiger charge is -2.16. The van der Waals surface area contributed by atoms with Crippen molar-refractivity contribution in [2.75, 3.05) is 14.2 Å². The van der Waals surface area contributed by atoms with Gasteiger partial charge in [-0.25, -0.2) is 9.59 Å². The van der Waals surface area contributed by atoms with Crippen LogP contribution in [0.5, 0.6) is 0 Å². The second-order valence-corrected chi connectivity index (χ2v) is 5.72. The highest BCUT2D eigenvalue weighted by atomic mass is 16.5. The quantitative estimate of drug-likeness (QED) is 0.654. The van der Waals surface area contributed by atoms with Crippen molar-refractivity contribution < 1.29 is 19.1 Å². The van der Waals surface area contributed by atoms with Crippen molar-refractivity contribution in [3.05, 3.63) is 89.5 Å². The molecule has 3 rings (SSSR count). The second-order valence-electron chi connectivity index (χ2n) is 5.72. The minimum atomic E-state index is -0.599. The van der Waals surface area contributed by atoms with Gasteiger partial charge in [0.15, 0.2) is 0 Å². The van der Waals surface area contributed by atoms with E-state index in [1.807, 2.05) is 48.5 Å². The maximum Gasteiger partial charge on any atom is 0.339 e. The largest absolute Gasteiger partial charge is 0.465 e. The molecular weight excluding hydrogens is 328 g/mol. The summed E-state index contributed by atoms with van der Waals surface area (Å²) in [6.07, 6.45) is 0. The normalized spacial score (nSPS) is 10.4. The third kappa shape index (κ3) is 2.97. The summed E-state index contributed by atoms with van der Waals surface area (Å²) >= 11 is 0. The van der Waals surface area contributed by atoms with Crippen molar-refractivity contribution >= 4 is 28.3 Å². The summed E-state index contributed by atoms with van der Waals surface area (Å²) < 4.78 is 9.78. The van der Waals surface area contributed by atoms with Gasteiger partial charge in [0.25, 0.3) is 0 Å². The predicted octanol–water partition coefficient (Wildman–Crippen LogP) is 4.47. The highest BCUT2D eigenvalue weighted by Crippen LogP contribution is 2.33. The predicted molar refractivity (Wildman–Crippen MR) is 101 cm³/mol. The standard InChI is InChI=1S/C22H18O4/c1-14(15-9-5-4-6-10-15)18-13-19(21(23)25-2)20(22(24)26-3)17-12-8-7-11-16(17)18/h4-13H,1H2,2-3H3. The molecule has 0 aromatic heterocycles. The van der Waals surface area contributed by atoms with E-state index >= 15 is 0 Å². The van der Waals surface area contributed by atoms with Gasteiger partial charge in [-0.2, -0.15) is 0 Å². The Morgan fingerprint density at radius 1 is 0.769 bits per heavy atom. The Balaban J connectivity index is 2.36. The molecule has 3 aromatic rings. The molecule has 0 unspecified atom stereocenters. The van der Waals surface area contributed by atoms with Crippen LogP contribution in [-0.2, 0) is 9.47 Å². The molecule has 0 spiro atoms. The van der Waals surface area contributed by atoms with Gasteiger partial charge in [-0.05, 0) is 33.5 Å². The van der Waals surface area contributed by atoms with Gasteiger partial charge in [-0.1, -0.05) is 61.2 Å². The van der Waals surface area contributed by atoms with E-state index < -0.39 is 11.9 Å². The lowest BCUT2D eigenvalue weighted by atomic mass is 9.89. The number of carbonyl (C=O) groups is 2. The lowest BCUT2D eigenvalue weighted by Crippen LogP contribution is -2.13. The first-order valence-electron chi connectivity index (χ1n) is 8.05. The molecule has 130 valence electrons. The molecule has 3 aromatic carbocycles. The molecule has 4 heteroatoms. The number of methoxy groups -OCH3 is 2. The molecule has 0 aliphatic rings. The number of hydrogen-bond donors (Lipinski definition) is 0. The second kappa shape index (κ2) is 7.23. The summed E-state index contributed by atoms with van der Waals surface area (Å²) in [5.41, 5.74) is 2.80. The smallest absolute Gasteiger partial charge is 0.339 e. The number of hydrogen-bond acceptors (Lipinski definition) is 4. The van der Waals surface area contributed by atoms with Crippen LogP contribution in [-0.4, -0.2) is 26.2 Å². The van der Waals surface area contributed by atoms with Gasteiger partial charge in [0.05, 0.1) is 25.3 Å². The van der Waals surface area contributed by atoms with Crippen LogP contribution >= 0.6 is 0 Å². The Bertz CT molecular complexity index is 1000. The van der Waals surface area contributed by atoms with Crippen LogP contribution < -0.4 is 0 Å². The summed E-state index contributed by atoms with van der Waals surface area (Å²) in [7, 11) is 2.57. The topological polar surface area (TPSA) is 52.6 Å². The van der Waals surface area contributed by atoms with E-state index in [1.165, 1.54) is 14.2 Å². The third-order valence-corrected chi connectivity index (χ3v) is 4.29. The van der Waals surface area contributed by atoms with Gasteiger partial charge in [0.1, 0.15) is 0 Å². The summed E-state index contributed by atoms with van der Waals surface area (Å²) in [6, 6.07) is 18.7. The first-order chi connectivity index (χ1) is 12.6. The van der Waals surface area contributed by atoms with E-state index in [0.29, 0.717) is 5.39 Å². The molecule has 0 N–H and O–H groups in total. The first kappa shape index (κ1) is 17.4. The maximum absolute atomic E-state index is 12.4. The molecule has 0 fully saturated rings. The fraction of sp³-hybridized carbons (Fsp3) is 0.0909. The van der Waals surface area contributed by atoms with Crippen molar-refractivity contribution in [1.29, 1.82) is 0 Å². The van der Waals surface area contributed by atoms with Crippen LogP contribution in [0.1, 0.15) is 31.8 Å². The van der Waals surface area contributed by atoms with Crippen molar-refractivity contribution in [3.63, 3.8) is 0 Å². The first-order valence-corrected chi connectivity index (χ1v) is 8.05. The number of ether oxygens (including phenoxy) is 2. The van der Waals surface area contributed by atoms with Crippen LogP contribution in [0, 0.1) is 0 Å². The highest BCUT2D eigenvalue weighted by molar-refractivity contribution is 6.15. The third-order valence-electron chi connectivity index (χ3n) is 4.29. The van der Waals surface area contributed by atoms with Crippen LogP contribution in [0.4, 0.5) is 0 Å². The van der Waals surface area contributed by atoms with Crippen LogP contribution in [0.3, 0.4) is 0 Å². The molecular formula is C22H18O4. The van der Waals surface area contributed by atoms with E-state index in [-0.39, 0.29) is 11.1 Å². The number of fused-ring (bicyclic) bond motifs is 1. The van der Waals surface area contributed by atoms with Crippen molar-refractivity contribution in [3.8, 4) is 0 Å².